The number of phenols is 1. The molecule has 0 aliphatic heterocycles. The van der Waals surface area contributed by atoms with Gasteiger partial charge in [0.15, 0.2) is 0 Å². The summed E-state index contributed by atoms with van der Waals surface area (Å²) >= 11 is 0. The van der Waals surface area contributed by atoms with Crippen LogP contribution in [0.2, 0.25) is 0 Å². The van der Waals surface area contributed by atoms with E-state index in [4.69, 9.17) is 5.73 Å². The molecule has 1 aliphatic rings. The SMILES string of the molecule is CC(=O)NC[C@@H]1CC[C@H](C)C[C@@H](c2cc(-c3ccccc3O)nnc2N)C1. The number of para-hydroxylation sites is 1. The largest absolute Gasteiger partial charge is 0.507 e. The third-order valence-corrected chi connectivity index (χ3v) is 5.49. The van der Waals surface area contributed by atoms with Crippen molar-refractivity contribution in [1.82, 2.24) is 15.5 Å². The van der Waals surface area contributed by atoms with Crippen LogP contribution in [0.1, 0.15) is 51.0 Å². The minimum absolute atomic E-state index is 0.00998. The minimum Gasteiger partial charge on any atom is -0.507 e. The first kappa shape index (κ1) is 19.1. The summed E-state index contributed by atoms with van der Waals surface area (Å²) < 4.78 is 0. The smallest absolute Gasteiger partial charge is 0.216 e. The zero-order chi connectivity index (χ0) is 19.4. The van der Waals surface area contributed by atoms with Gasteiger partial charge in [0.25, 0.3) is 0 Å². The van der Waals surface area contributed by atoms with E-state index < -0.39 is 0 Å². The molecule has 4 N–H and O–H groups in total. The summed E-state index contributed by atoms with van der Waals surface area (Å²) in [7, 11) is 0. The molecule has 6 nitrogen and oxygen atoms in total. The number of amides is 1. The third kappa shape index (κ3) is 4.76. The molecule has 1 fully saturated rings. The maximum Gasteiger partial charge on any atom is 0.216 e. The molecular formula is C21H28N4O2. The molecule has 0 bridgehead atoms. The number of benzene rings is 1. The van der Waals surface area contributed by atoms with Crippen molar-refractivity contribution in [3.63, 3.8) is 0 Å². The molecule has 1 saturated carbocycles. The van der Waals surface area contributed by atoms with Gasteiger partial charge in [0, 0.05) is 24.6 Å². The summed E-state index contributed by atoms with van der Waals surface area (Å²) in [6.07, 6.45) is 4.24. The number of nitrogens with one attached hydrogen (secondary N) is 1. The first-order valence-electron chi connectivity index (χ1n) is 9.60. The number of nitrogens with zero attached hydrogens (tertiary/aromatic N) is 2. The predicted molar refractivity (Wildman–Crippen MR) is 106 cm³/mol. The number of hydrogen-bond donors (Lipinski definition) is 3. The zero-order valence-electron chi connectivity index (χ0n) is 16.0. The molecule has 2 aromatic rings. The van der Waals surface area contributed by atoms with E-state index in [-0.39, 0.29) is 17.6 Å². The fraction of sp³-hybridized carbons (Fsp3) is 0.476. The molecule has 3 atom stereocenters. The predicted octanol–water partition coefficient (Wildman–Crippen LogP) is 3.48. The van der Waals surface area contributed by atoms with Crippen LogP contribution in [0.25, 0.3) is 11.3 Å². The van der Waals surface area contributed by atoms with E-state index in [1.165, 1.54) is 0 Å². The van der Waals surface area contributed by atoms with Crippen LogP contribution >= 0.6 is 0 Å². The molecule has 1 heterocycles. The summed E-state index contributed by atoms with van der Waals surface area (Å²) in [5.41, 5.74) is 8.47. The van der Waals surface area contributed by atoms with Gasteiger partial charge in [0.1, 0.15) is 11.6 Å². The van der Waals surface area contributed by atoms with Crippen LogP contribution in [0.3, 0.4) is 0 Å². The maximum atomic E-state index is 11.3. The summed E-state index contributed by atoms with van der Waals surface area (Å²) in [4.78, 5) is 11.3. The monoisotopic (exact) mass is 368 g/mol. The van der Waals surface area contributed by atoms with Crippen LogP contribution in [0.4, 0.5) is 5.82 Å². The fourth-order valence-electron chi connectivity index (χ4n) is 4.03. The molecule has 0 unspecified atom stereocenters. The number of carbonyl (C=O) groups is 1. The maximum absolute atomic E-state index is 11.3. The molecule has 144 valence electrons. The molecule has 0 saturated heterocycles. The van der Waals surface area contributed by atoms with Gasteiger partial charge in [0.2, 0.25) is 5.91 Å². The Morgan fingerprint density at radius 1 is 1.26 bits per heavy atom. The van der Waals surface area contributed by atoms with Gasteiger partial charge in [-0.05, 0) is 55.2 Å². The molecule has 1 aromatic carbocycles. The number of carbonyl (C=O) groups excluding carboxylic acids is 1. The van der Waals surface area contributed by atoms with Crippen LogP contribution in [0, 0.1) is 11.8 Å². The average molecular weight is 368 g/mol. The van der Waals surface area contributed by atoms with Crippen molar-refractivity contribution in [2.45, 2.75) is 45.4 Å². The number of nitrogens with two attached hydrogens (primary N) is 1. The number of aromatic nitrogens is 2. The highest BCUT2D eigenvalue weighted by Crippen LogP contribution is 2.40. The van der Waals surface area contributed by atoms with Crippen molar-refractivity contribution in [2.75, 3.05) is 12.3 Å². The number of phenolic OH excluding ortho intramolecular Hbond substituents is 1. The Morgan fingerprint density at radius 3 is 2.78 bits per heavy atom. The topological polar surface area (TPSA) is 101 Å². The van der Waals surface area contributed by atoms with E-state index in [1.807, 2.05) is 18.2 Å². The van der Waals surface area contributed by atoms with Crippen LogP contribution in [-0.2, 0) is 4.79 Å². The van der Waals surface area contributed by atoms with Gasteiger partial charge in [-0.2, -0.15) is 0 Å². The zero-order valence-corrected chi connectivity index (χ0v) is 16.0. The van der Waals surface area contributed by atoms with Crippen molar-refractivity contribution in [3.05, 3.63) is 35.9 Å². The van der Waals surface area contributed by atoms with Crippen LogP contribution < -0.4 is 11.1 Å². The molecule has 1 aromatic heterocycles. The van der Waals surface area contributed by atoms with E-state index in [0.29, 0.717) is 35.5 Å². The Bertz CT molecular complexity index is 809. The first-order valence-corrected chi connectivity index (χ1v) is 9.60. The van der Waals surface area contributed by atoms with Gasteiger partial charge in [-0.15, -0.1) is 10.2 Å². The summed E-state index contributed by atoms with van der Waals surface area (Å²) in [6, 6.07) is 9.09. The normalized spacial score (nSPS) is 22.8. The Balaban J connectivity index is 1.89. The number of hydrogen-bond acceptors (Lipinski definition) is 5. The Kier molecular flexibility index (Phi) is 5.94. The number of anilines is 1. The second-order valence-electron chi connectivity index (χ2n) is 7.74. The quantitative estimate of drug-likeness (QED) is 0.717. The standard InChI is InChI=1S/C21H28N4O2/c1-13-7-8-15(12-23-14(2)26)10-16(9-13)18-11-19(24-25-21(18)22)17-5-3-4-6-20(17)27/h3-6,11,13,15-16,27H,7-10,12H2,1-2H3,(H2,22,25)(H,23,26)/t13-,15+,16+/m0/s1. The van der Waals surface area contributed by atoms with Gasteiger partial charge in [-0.1, -0.05) is 25.5 Å². The molecule has 1 aliphatic carbocycles. The van der Waals surface area contributed by atoms with Crippen molar-refractivity contribution >= 4 is 11.7 Å². The lowest BCUT2D eigenvalue weighted by molar-refractivity contribution is -0.119. The molecule has 27 heavy (non-hydrogen) atoms. The van der Waals surface area contributed by atoms with Gasteiger partial charge in [-0.3, -0.25) is 4.79 Å². The molecule has 6 heteroatoms. The van der Waals surface area contributed by atoms with Crippen LogP contribution in [-0.4, -0.2) is 27.8 Å². The Morgan fingerprint density at radius 2 is 2.04 bits per heavy atom. The number of nitrogen functional groups attached to an aromatic ring is 1. The van der Waals surface area contributed by atoms with Gasteiger partial charge in [-0.25, -0.2) is 0 Å². The lowest BCUT2D eigenvalue weighted by atomic mass is 9.86. The van der Waals surface area contributed by atoms with Crippen molar-refractivity contribution in [1.29, 1.82) is 0 Å². The second kappa shape index (κ2) is 8.37. The highest BCUT2D eigenvalue weighted by Gasteiger charge is 2.27. The van der Waals surface area contributed by atoms with Crippen molar-refractivity contribution < 1.29 is 9.90 Å². The third-order valence-electron chi connectivity index (χ3n) is 5.49. The molecular weight excluding hydrogens is 340 g/mol. The van der Waals surface area contributed by atoms with Gasteiger partial charge < -0.3 is 16.2 Å². The Labute approximate surface area is 160 Å². The summed E-state index contributed by atoms with van der Waals surface area (Å²) in [6.45, 7) is 4.52. The van der Waals surface area contributed by atoms with E-state index in [9.17, 15) is 9.90 Å². The minimum atomic E-state index is 0.00998. The van der Waals surface area contributed by atoms with Crippen LogP contribution in [0.15, 0.2) is 30.3 Å². The number of rotatable bonds is 4. The molecule has 0 spiro atoms. The van der Waals surface area contributed by atoms with Gasteiger partial charge >= 0.3 is 0 Å². The Hall–Kier alpha value is -2.63. The summed E-state index contributed by atoms with van der Waals surface area (Å²) in [5, 5.41) is 21.5. The van der Waals surface area contributed by atoms with E-state index in [2.05, 4.69) is 22.4 Å². The van der Waals surface area contributed by atoms with Crippen LogP contribution in [0.5, 0.6) is 5.75 Å². The van der Waals surface area contributed by atoms with Crippen molar-refractivity contribution in [3.8, 4) is 17.0 Å². The summed E-state index contributed by atoms with van der Waals surface area (Å²) in [5.74, 6) is 1.91. The molecule has 3 rings (SSSR count). The van der Waals surface area contributed by atoms with Gasteiger partial charge in [0.05, 0.1) is 5.69 Å². The highest BCUT2D eigenvalue weighted by molar-refractivity contribution is 5.72. The highest BCUT2D eigenvalue weighted by atomic mass is 16.3. The number of aromatic hydroxyl groups is 1. The van der Waals surface area contributed by atoms with E-state index in [0.717, 1.165) is 31.2 Å². The van der Waals surface area contributed by atoms with E-state index in [1.54, 1.807) is 19.1 Å². The lowest BCUT2D eigenvalue weighted by Crippen LogP contribution is -2.27. The first-order chi connectivity index (χ1) is 12.9. The molecule has 1 amide bonds. The molecule has 0 radical (unpaired) electrons. The van der Waals surface area contributed by atoms with E-state index >= 15 is 0 Å². The fourth-order valence-corrected chi connectivity index (χ4v) is 4.03. The lowest BCUT2D eigenvalue weighted by Gasteiger charge is -2.22. The second-order valence-corrected chi connectivity index (χ2v) is 7.74. The average Bonchev–Trinajstić information content (AvgIpc) is 2.82. The van der Waals surface area contributed by atoms with Crippen molar-refractivity contribution in [2.24, 2.45) is 11.8 Å².